The second kappa shape index (κ2) is 6.69. The molecule has 0 amide bonds. The zero-order valence-corrected chi connectivity index (χ0v) is 13.2. The van der Waals surface area contributed by atoms with Crippen LogP contribution in [0, 0.1) is 11.3 Å². The van der Waals surface area contributed by atoms with Gasteiger partial charge in [-0.2, -0.15) is 14.0 Å². The molecule has 1 heterocycles. The van der Waals surface area contributed by atoms with Crippen molar-refractivity contribution in [3.05, 3.63) is 65.5 Å². The molecule has 1 unspecified atom stereocenters. The van der Waals surface area contributed by atoms with E-state index in [1.165, 1.54) is 25.1 Å². The molecule has 0 fully saturated rings. The van der Waals surface area contributed by atoms with E-state index >= 15 is 0 Å². The monoisotopic (exact) mass is 341 g/mol. The summed E-state index contributed by atoms with van der Waals surface area (Å²) in [5.74, 6) is -0.751. The number of rotatable bonds is 4. The van der Waals surface area contributed by atoms with Crippen molar-refractivity contribution in [3.63, 3.8) is 0 Å². The molecule has 5 nitrogen and oxygen atoms in total. The van der Waals surface area contributed by atoms with E-state index in [-0.39, 0.29) is 16.9 Å². The Hall–Kier alpha value is -3.27. The SMILES string of the molecule is CC(OC(=O)c1cccc(C#N)c1)c1nc2ccccc2n1C(F)F. The Morgan fingerprint density at radius 2 is 2.00 bits per heavy atom. The molecule has 7 heteroatoms. The molecule has 0 saturated heterocycles. The Kier molecular flexibility index (Phi) is 4.44. The molecule has 3 rings (SSSR count). The maximum atomic E-state index is 13.5. The number of aromatic nitrogens is 2. The number of imidazole rings is 1. The van der Waals surface area contributed by atoms with Crippen molar-refractivity contribution in [2.24, 2.45) is 0 Å². The number of benzene rings is 2. The first-order chi connectivity index (χ1) is 12.0. The molecule has 2 aromatic carbocycles. The topological polar surface area (TPSA) is 67.9 Å². The molecule has 0 spiro atoms. The molecule has 1 atom stereocenters. The molecular formula is C18H13F2N3O2. The van der Waals surface area contributed by atoms with Crippen LogP contribution in [-0.2, 0) is 4.74 Å². The van der Waals surface area contributed by atoms with Crippen LogP contribution in [0.1, 0.15) is 41.3 Å². The van der Waals surface area contributed by atoms with Gasteiger partial charge in [-0.25, -0.2) is 9.78 Å². The lowest BCUT2D eigenvalue weighted by atomic mass is 10.1. The summed E-state index contributed by atoms with van der Waals surface area (Å²) < 4.78 is 32.9. The molecule has 25 heavy (non-hydrogen) atoms. The average molecular weight is 341 g/mol. The second-order valence-corrected chi connectivity index (χ2v) is 5.35. The van der Waals surface area contributed by atoms with Crippen LogP contribution in [0.2, 0.25) is 0 Å². The van der Waals surface area contributed by atoms with E-state index in [0.29, 0.717) is 11.1 Å². The van der Waals surface area contributed by atoms with Gasteiger partial charge in [-0.05, 0) is 37.3 Å². The molecule has 126 valence electrons. The second-order valence-electron chi connectivity index (χ2n) is 5.35. The van der Waals surface area contributed by atoms with E-state index in [9.17, 15) is 13.6 Å². The molecule has 0 N–H and O–H groups in total. The zero-order valence-electron chi connectivity index (χ0n) is 13.2. The number of hydrogen-bond acceptors (Lipinski definition) is 4. The number of carbonyl (C=O) groups excluding carboxylic acids is 1. The summed E-state index contributed by atoms with van der Waals surface area (Å²) in [6.07, 6.45) is -0.986. The summed E-state index contributed by atoms with van der Waals surface area (Å²) >= 11 is 0. The highest BCUT2D eigenvalue weighted by atomic mass is 19.3. The molecule has 1 aromatic heterocycles. The van der Waals surface area contributed by atoms with Gasteiger partial charge >= 0.3 is 12.5 Å². The van der Waals surface area contributed by atoms with Gasteiger partial charge in [0, 0.05) is 0 Å². The van der Waals surface area contributed by atoms with E-state index in [2.05, 4.69) is 4.98 Å². The number of halogens is 2. The third-order valence-corrected chi connectivity index (χ3v) is 3.69. The number of fused-ring (bicyclic) bond motifs is 1. The van der Waals surface area contributed by atoms with Gasteiger partial charge in [-0.15, -0.1) is 0 Å². The van der Waals surface area contributed by atoms with E-state index < -0.39 is 18.6 Å². The smallest absolute Gasteiger partial charge is 0.338 e. The van der Waals surface area contributed by atoms with Crippen molar-refractivity contribution in [3.8, 4) is 6.07 Å². The van der Waals surface area contributed by atoms with Crippen LogP contribution in [0.15, 0.2) is 48.5 Å². The molecular weight excluding hydrogens is 328 g/mol. The number of nitrogens with zero attached hydrogens (tertiary/aromatic N) is 3. The first-order valence-electron chi connectivity index (χ1n) is 7.47. The van der Waals surface area contributed by atoms with Gasteiger partial charge in [0.15, 0.2) is 11.9 Å². The van der Waals surface area contributed by atoms with Crippen molar-refractivity contribution in [2.75, 3.05) is 0 Å². The Bertz CT molecular complexity index is 976. The number of esters is 1. The highest BCUT2D eigenvalue weighted by molar-refractivity contribution is 5.90. The predicted octanol–water partition coefficient (Wildman–Crippen LogP) is 4.22. The first kappa shape index (κ1) is 16.6. The standard InChI is InChI=1S/C18H13F2N3O2/c1-11(25-17(24)13-6-4-5-12(9-13)10-21)16-22-14-7-2-3-8-15(14)23(16)18(19)20/h2-9,11,18H,1H3. The van der Waals surface area contributed by atoms with Crippen LogP contribution in [-0.4, -0.2) is 15.5 Å². The molecule has 0 radical (unpaired) electrons. The zero-order chi connectivity index (χ0) is 18.0. The number of ether oxygens (including phenoxy) is 1. The van der Waals surface area contributed by atoms with E-state index in [4.69, 9.17) is 10.00 Å². The number of alkyl halides is 2. The lowest BCUT2D eigenvalue weighted by Gasteiger charge is -2.15. The maximum Gasteiger partial charge on any atom is 0.338 e. The number of carbonyl (C=O) groups is 1. The minimum Gasteiger partial charge on any atom is -0.451 e. The van der Waals surface area contributed by atoms with Crippen LogP contribution in [0.25, 0.3) is 11.0 Å². The van der Waals surface area contributed by atoms with Gasteiger partial charge in [0.25, 0.3) is 0 Å². The summed E-state index contributed by atoms with van der Waals surface area (Å²) in [6, 6.07) is 14.4. The summed E-state index contributed by atoms with van der Waals surface area (Å²) in [5.41, 5.74) is 1.14. The Balaban J connectivity index is 1.92. The molecule has 0 saturated carbocycles. The molecule has 0 bridgehead atoms. The maximum absolute atomic E-state index is 13.5. The number of para-hydroxylation sites is 2. The Morgan fingerprint density at radius 1 is 1.24 bits per heavy atom. The fourth-order valence-corrected chi connectivity index (χ4v) is 2.55. The quantitative estimate of drug-likeness (QED) is 0.666. The van der Waals surface area contributed by atoms with Crippen LogP contribution >= 0.6 is 0 Å². The number of nitriles is 1. The van der Waals surface area contributed by atoms with Crippen molar-refractivity contribution >= 4 is 17.0 Å². The Labute approximate surface area is 142 Å². The van der Waals surface area contributed by atoms with E-state index in [1.54, 1.807) is 30.3 Å². The van der Waals surface area contributed by atoms with Crippen LogP contribution in [0.3, 0.4) is 0 Å². The van der Waals surface area contributed by atoms with Crippen molar-refractivity contribution in [1.82, 2.24) is 9.55 Å². The highest BCUT2D eigenvalue weighted by Gasteiger charge is 2.24. The van der Waals surface area contributed by atoms with E-state index in [1.807, 2.05) is 6.07 Å². The van der Waals surface area contributed by atoms with Crippen molar-refractivity contribution in [1.29, 1.82) is 5.26 Å². The fourth-order valence-electron chi connectivity index (χ4n) is 2.55. The van der Waals surface area contributed by atoms with Crippen LogP contribution in [0.4, 0.5) is 8.78 Å². The number of hydrogen-bond donors (Lipinski definition) is 0. The van der Waals surface area contributed by atoms with Crippen molar-refractivity contribution in [2.45, 2.75) is 19.6 Å². The van der Waals surface area contributed by atoms with Crippen molar-refractivity contribution < 1.29 is 18.3 Å². The van der Waals surface area contributed by atoms with Gasteiger partial charge in [0.2, 0.25) is 0 Å². The molecule has 0 aliphatic heterocycles. The highest BCUT2D eigenvalue weighted by Crippen LogP contribution is 2.28. The minimum atomic E-state index is -2.81. The molecule has 3 aromatic rings. The van der Waals surface area contributed by atoms with Crippen LogP contribution in [0.5, 0.6) is 0 Å². The third kappa shape index (κ3) is 3.19. The van der Waals surface area contributed by atoms with E-state index in [0.717, 1.165) is 4.57 Å². The molecule has 0 aliphatic carbocycles. The largest absolute Gasteiger partial charge is 0.451 e. The van der Waals surface area contributed by atoms with Crippen LogP contribution < -0.4 is 0 Å². The summed E-state index contributed by atoms with van der Waals surface area (Å²) in [6.45, 7) is -1.34. The summed E-state index contributed by atoms with van der Waals surface area (Å²) in [4.78, 5) is 16.4. The predicted molar refractivity (Wildman–Crippen MR) is 86.0 cm³/mol. The normalized spacial score (nSPS) is 12.1. The Morgan fingerprint density at radius 3 is 2.72 bits per heavy atom. The first-order valence-corrected chi connectivity index (χ1v) is 7.47. The fraction of sp³-hybridized carbons (Fsp3) is 0.167. The lowest BCUT2D eigenvalue weighted by molar-refractivity contribution is 0.0233. The van der Waals surface area contributed by atoms with Gasteiger partial charge < -0.3 is 4.74 Å². The summed E-state index contributed by atoms with van der Waals surface area (Å²) in [5, 5.41) is 8.88. The lowest BCUT2D eigenvalue weighted by Crippen LogP contribution is -2.14. The van der Waals surface area contributed by atoms with Gasteiger partial charge in [0.05, 0.1) is 28.2 Å². The van der Waals surface area contributed by atoms with Gasteiger partial charge in [-0.1, -0.05) is 18.2 Å². The van der Waals surface area contributed by atoms with Gasteiger partial charge in [-0.3, -0.25) is 4.57 Å². The minimum absolute atomic E-state index is 0.0408. The third-order valence-electron chi connectivity index (χ3n) is 3.69. The molecule has 0 aliphatic rings. The summed E-state index contributed by atoms with van der Waals surface area (Å²) in [7, 11) is 0. The average Bonchev–Trinajstić information content (AvgIpc) is 3.01. The van der Waals surface area contributed by atoms with Gasteiger partial charge in [0.1, 0.15) is 0 Å².